The van der Waals surface area contributed by atoms with Crippen LogP contribution < -0.4 is 11.1 Å². The molecule has 0 amide bonds. The molecule has 1 unspecified atom stereocenters. The molecule has 0 aliphatic heterocycles. The van der Waals surface area contributed by atoms with Crippen molar-refractivity contribution in [3.63, 3.8) is 0 Å². The molecule has 0 aliphatic rings. The quantitative estimate of drug-likeness (QED) is 0.607. The van der Waals surface area contributed by atoms with Crippen LogP contribution >= 0.6 is 0 Å². The van der Waals surface area contributed by atoms with Crippen molar-refractivity contribution in [2.45, 2.75) is 33.7 Å². The maximum absolute atomic E-state index is 5.76. The Morgan fingerprint density at radius 1 is 1.44 bits per heavy atom. The van der Waals surface area contributed by atoms with Gasteiger partial charge in [0.1, 0.15) is 11.5 Å². The molecule has 4 heteroatoms. The SMILES string of the molecule is Cc1ccc(C(C)NC(N)=NCC(C)C)o1. The van der Waals surface area contributed by atoms with Crippen LogP contribution in [0.2, 0.25) is 0 Å². The minimum atomic E-state index is 0.0459. The van der Waals surface area contributed by atoms with Crippen LogP contribution in [0.1, 0.15) is 38.3 Å². The zero-order valence-electron chi connectivity index (χ0n) is 10.4. The highest BCUT2D eigenvalue weighted by Gasteiger charge is 2.09. The van der Waals surface area contributed by atoms with Crippen LogP contribution in [-0.2, 0) is 0 Å². The normalized spacial score (nSPS) is 14.2. The third kappa shape index (κ3) is 3.96. The molecule has 90 valence electrons. The van der Waals surface area contributed by atoms with E-state index in [1.807, 2.05) is 26.0 Å². The Balaban J connectivity index is 2.51. The van der Waals surface area contributed by atoms with Gasteiger partial charge < -0.3 is 15.5 Å². The fourth-order valence-electron chi connectivity index (χ4n) is 1.31. The van der Waals surface area contributed by atoms with Gasteiger partial charge in [-0.2, -0.15) is 0 Å². The lowest BCUT2D eigenvalue weighted by molar-refractivity contribution is 0.442. The fourth-order valence-corrected chi connectivity index (χ4v) is 1.31. The minimum Gasteiger partial charge on any atom is -0.464 e. The van der Waals surface area contributed by atoms with Crippen molar-refractivity contribution in [2.24, 2.45) is 16.6 Å². The van der Waals surface area contributed by atoms with Gasteiger partial charge in [-0.3, -0.25) is 4.99 Å². The summed E-state index contributed by atoms with van der Waals surface area (Å²) in [5.74, 6) is 2.76. The molecule has 16 heavy (non-hydrogen) atoms. The number of aryl methyl sites for hydroxylation is 1. The number of rotatable bonds is 4. The third-order valence-electron chi connectivity index (χ3n) is 2.18. The summed E-state index contributed by atoms with van der Waals surface area (Å²) in [6, 6.07) is 3.93. The van der Waals surface area contributed by atoms with Crippen LogP contribution in [0.15, 0.2) is 21.5 Å². The smallest absolute Gasteiger partial charge is 0.189 e. The van der Waals surface area contributed by atoms with Gasteiger partial charge in [-0.25, -0.2) is 0 Å². The highest BCUT2D eigenvalue weighted by atomic mass is 16.3. The average Bonchev–Trinajstić information content (AvgIpc) is 2.62. The fraction of sp³-hybridized carbons (Fsp3) is 0.583. The van der Waals surface area contributed by atoms with Gasteiger partial charge in [0.15, 0.2) is 5.96 Å². The lowest BCUT2D eigenvalue weighted by atomic mass is 10.2. The average molecular weight is 223 g/mol. The summed E-state index contributed by atoms with van der Waals surface area (Å²) in [5, 5.41) is 3.10. The summed E-state index contributed by atoms with van der Waals surface area (Å²) in [6.07, 6.45) is 0. The Kier molecular flexibility index (Phi) is 4.40. The summed E-state index contributed by atoms with van der Waals surface area (Å²) in [5.41, 5.74) is 5.76. The number of nitrogens with two attached hydrogens (primary N) is 1. The van der Waals surface area contributed by atoms with Gasteiger partial charge in [0.2, 0.25) is 0 Å². The largest absolute Gasteiger partial charge is 0.464 e. The third-order valence-corrected chi connectivity index (χ3v) is 2.18. The van der Waals surface area contributed by atoms with Crippen LogP contribution in [0.25, 0.3) is 0 Å². The molecule has 0 aromatic carbocycles. The zero-order chi connectivity index (χ0) is 12.1. The van der Waals surface area contributed by atoms with E-state index in [0.29, 0.717) is 11.9 Å². The predicted molar refractivity (Wildman–Crippen MR) is 66.3 cm³/mol. The lowest BCUT2D eigenvalue weighted by Crippen LogP contribution is -2.34. The highest BCUT2D eigenvalue weighted by Crippen LogP contribution is 2.14. The van der Waals surface area contributed by atoms with E-state index in [2.05, 4.69) is 24.2 Å². The first-order chi connectivity index (χ1) is 7.49. The molecule has 1 aromatic heterocycles. The molecule has 1 atom stereocenters. The first kappa shape index (κ1) is 12.6. The van der Waals surface area contributed by atoms with E-state index in [-0.39, 0.29) is 6.04 Å². The number of guanidine groups is 1. The molecule has 0 saturated carbocycles. The molecule has 3 N–H and O–H groups in total. The Labute approximate surface area is 96.9 Å². The van der Waals surface area contributed by atoms with Crippen LogP contribution in [0.3, 0.4) is 0 Å². The van der Waals surface area contributed by atoms with Gasteiger partial charge in [-0.05, 0) is 31.9 Å². The summed E-state index contributed by atoms with van der Waals surface area (Å²) < 4.78 is 5.50. The van der Waals surface area contributed by atoms with Crippen LogP contribution in [0.5, 0.6) is 0 Å². The van der Waals surface area contributed by atoms with Crippen molar-refractivity contribution in [3.05, 3.63) is 23.7 Å². The van der Waals surface area contributed by atoms with Crippen molar-refractivity contribution < 1.29 is 4.42 Å². The summed E-state index contributed by atoms with van der Waals surface area (Å²) in [7, 11) is 0. The second-order valence-corrected chi connectivity index (χ2v) is 4.43. The van der Waals surface area contributed by atoms with E-state index < -0.39 is 0 Å². The maximum atomic E-state index is 5.76. The van der Waals surface area contributed by atoms with E-state index >= 15 is 0 Å². The topological polar surface area (TPSA) is 63.5 Å². The molecule has 1 aromatic rings. The number of aliphatic imine (C=N–C) groups is 1. The summed E-state index contributed by atoms with van der Waals surface area (Å²) in [4.78, 5) is 4.24. The molecule has 0 radical (unpaired) electrons. The van der Waals surface area contributed by atoms with Gasteiger partial charge >= 0.3 is 0 Å². The Hall–Kier alpha value is -1.45. The van der Waals surface area contributed by atoms with Crippen molar-refractivity contribution in [1.82, 2.24) is 5.32 Å². The minimum absolute atomic E-state index is 0.0459. The number of nitrogens with one attached hydrogen (secondary N) is 1. The molecule has 1 rings (SSSR count). The molecule has 0 aliphatic carbocycles. The predicted octanol–water partition coefficient (Wildman–Crippen LogP) is 2.21. The van der Waals surface area contributed by atoms with Crippen molar-refractivity contribution in [1.29, 1.82) is 0 Å². The second-order valence-electron chi connectivity index (χ2n) is 4.43. The van der Waals surface area contributed by atoms with E-state index in [9.17, 15) is 0 Å². The molecule has 0 saturated heterocycles. The highest BCUT2D eigenvalue weighted by molar-refractivity contribution is 5.78. The van der Waals surface area contributed by atoms with Gasteiger partial charge in [-0.1, -0.05) is 13.8 Å². The van der Waals surface area contributed by atoms with Crippen LogP contribution in [-0.4, -0.2) is 12.5 Å². The van der Waals surface area contributed by atoms with Gasteiger partial charge in [-0.15, -0.1) is 0 Å². The van der Waals surface area contributed by atoms with Crippen LogP contribution in [0.4, 0.5) is 0 Å². The van der Waals surface area contributed by atoms with Gasteiger partial charge in [0, 0.05) is 6.54 Å². The van der Waals surface area contributed by atoms with Crippen molar-refractivity contribution in [3.8, 4) is 0 Å². The zero-order valence-corrected chi connectivity index (χ0v) is 10.4. The monoisotopic (exact) mass is 223 g/mol. The van der Waals surface area contributed by atoms with Gasteiger partial charge in [0.25, 0.3) is 0 Å². The standard InChI is InChI=1S/C12H21N3O/c1-8(2)7-14-12(13)15-10(4)11-6-5-9(3)16-11/h5-6,8,10H,7H2,1-4H3,(H3,13,14,15). The Bertz CT molecular complexity index is 355. The van der Waals surface area contributed by atoms with E-state index in [1.165, 1.54) is 0 Å². The summed E-state index contributed by atoms with van der Waals surface area (Å²) >= 11 is 0. The maximum Gasteiger partial charge on any atom is 0.189 e. The molecule has 4 nitrogen and oxygen atoms in total. The summed E-state index contributed by atoms with van der Waals surface area (Å²) in [6.45, 7) is 8.87. The number of hydrogen-bond donors (Lipinski definition) is 2. The first-order valence-electron chi connectivity index (χ1n) is 5.62. The van der Waals surface area contributed by atoms with E-state index in [0.717, 1.165) is 18.1 Å². The number of nitrogens with zero attached hydrogens (tertiary/aromatic N) is 1. The molecular weight excluding hydrogens is 202 g/mol. The molecular formula is C12H21N3O. The van der Waals surface area contributed by atoms with Crippen molar-refractivity contribution >= 4 is 5.96 Å². The Morgan fingerprint density at radius 2 is 2.12 bits per heavy atom. The Morgan fingerprint density at radius 3 is 2.62 bits per heavy atom. The number of hydrogen-bond acceptors (Lipinski definition) is 2. The van der Waals surface area contributed by atoms with Crippen molar-refractivity contribution in [2.75, 3.05) is 6.54 Å². The van der Waals surface area contributed by atoms with E-state index in [4.69, 9.17) is 10.2 Å². The first-order valence-corrected chi connectivity index (χ1v) is 5.62. The second kappa shape index (κ2) is 5.58. The van der Waals surface area contributed by atoms with Gasteiger partial charge in [0.05, 0.1) is 6.04 Å². The molecule has 0 bridgehead atoms. The molecule has 0 fully saturated rings. The van der Waals surface area contributed by atoms with Crippen LogP contribution in [0, 0.1) is 12.8 Å². The van der Waals surface area contributed by atoms with E-state index in [1.54, 1.807) is 0 Å². The molecule has 1 heterocycles. The lowest BCUT2D eigenvalue weighted by Gasteiger charge is -2.12. The number of furan rings is 1. The molecule has 0 spiro atoms.